The Morgan fingerprint density at radius 2 is 1.50 bits per heavy atom. The van der Waals surface area contributed by atoms with Gasteiger partial charge in [0.15, 0.2) is 0 Å². The van der Waals surface area contributed by atoms with E-state index in [0.717, 1.165) is 49.3 Å². The summed E-state index contributed by atoms with van der Waals surface area (Å²) in [6.07, 6.45) is 5.50. The van der Waals surface area contributed by atoms with Gasteiger partial charge in [0, 0.05) is 6.42 Å². The maximum Gasteiger partial charge on any atom is 0.234 e. The van der Waals surface area contributed by atoms with Gasteiger partial charge in [0.1, 0.15) is 0 Å². The zero-order valence-corrected chi connectivity index (χ0v) is 17.0. The lowest BCUT2D eigenvalue weighted by Crippen LogP contribution is -3.18. The minimum absolute atomic E-state index is 0.196. The minimum Gasteiger partial charge on any atom is -0.331 e. The highest BCUT2D eigenvalue weighted by atomic mass is 16.2. The number of hydrogen-bond donors (Lipinski definition) is 1. The molecule has 148 valence electrons. The molecule has 1 saturated carbocycles. The van der Waals surface area contributed by atoms with Gasteiger partial charge in [-0.2, -0.15) is 0 Å². The Bertz CT molecular complexity index is 713. The van der Waals surface area contributed by atoms with Gasteiger partial charge in [-0.25, -0.2) is 0 Å². The Morgan fingerprint density at radius 1 is 0.929 bits per heavy atom. The van der Waals surface area contributed by atoms with Crippen molar-refractivity contribution in [1.82, 2.24) is 4.90 Å². The van der Waals surface area contributed by atoms with E-state index in [4.69, 9.17) is 0 Å². The van der Waals surface area contributed by atoms with Gasteiger partial charge >= 0.3 is 0 Å². The van der Waals surface area contributed by atoms with Crippen LogP contribution >= 0.6 is 0 Å². The van der Waals surface area contributed by atoms with Crippen molar-refractivity contribution < 1.29 is 9.69 Å². The van der Waals surface area contributed by atoms with Crippen LogP contribution in [-0.2, 0) is 4.79 Å². The predicted octanol–water partition coefficient (Wildman–Crippen LogP) is 3.12. The van der Waals surface area contributed by atoms with E-state index < -0.39 is 0 Å². The van der Waals surface area contributed by atoms with Crippen molar-refractivity contribution in [1.29, 1.82) is 0 Å². The first-order valence-corrected chi connectivity index (χ1v) is 11.0. The van der Waals surface area contributed by atoms with Gasteiger partial charge in [0.05, 0.1) is 38.1 Å². The van der Waals surface area contributed by atoms with Crippen molar-refractivity contribution in [2.45, 2.75) is 44.6 Å². The molecule has 1 aliphatic carbocycles. The maximum atomic E-state index is 13.6. The normalized spacial score (nSPS) is 23.7. The van der Waals surface area contributed by atoms with E-state index in [2.05, 4.69) is 36.1 Å². The summed E-state index contributed by atoms with van der Waals surface area (Å²) in [7, 11) is 0. The summed E-state index contributed by atoms with van der Waals surface area (Å²) in [5.74, 6) is 0.929. The van der Waals surface area contributed by atoms with Crippen LogP contribution in [0.5, 0.6) is 0 Å². The molecule has 1 saturated heterocycles. The minimum atomic E-state index is -0.196. The van der Waals surface area contributed by atoms with Crippen molar-refractivity contribution in [2.75, 3.05) is 26.2 Å². The molecule has 2 aromatic rings. The number of nitrogens with zero attached hydrogens (tertiary/aromatic N) is 1. The molecule has 2 fully saturated rings. The molecule has 2 aromatic carbocycles. The second-order valence-corrected chi connectivity index (χ2v) is 8.71. The molecule has 0 bridgehead atoms. The van der Waals surface area contributed by atoms with Crippen molar-refractivity contribution in [3.63, 3.8) is 0 Å². The van der Waals surface area contributed by atoms with Gasteiger partial charge in [-0.05, 0) is 29.9 Å². The summed E-state index contributed by atoms with van der Waals surface area (Å²) < 4.78 is 0. The van der Waals surface area contributed by atoms with Gasteiger partial charge in [0.2, 0.25) is 5.91 Å². The Hall–Kier alpha value is -2.13. The summed E-state index contributed by atoms with van der Waals surface area (Å²) in [6, 6.07) is 21.3. The van der Waals surface area contributed by atoms with Crippen LogP contribution < -0.4 is 4.90 Å². The van der Waals surface area contributed by atoms with Crippen molar-refractivity contribution in [2.24, 2.45) is 5.92 Å². The first kappa shape index (κ1) is 19.2. The van der Waals surface area contributed by atoms with Crippen molar-refractivity contribution in [3.8, 4) is 0 Å². The highest BCUT2D eigenvalue weighted by molar-refractivity contribution is 5.87. The van der Waals surface area contributed by atoms with Crippen molar-refractivity contribution >= 4 is 5.91 Å². The number of carbonyl (C=O) groups is 1. The number of carbonyl (C=O) groups excluding carboxylic acids is 1. The van der Waals surface area contributed by atoms with Crippen LogP contribution in [0.2, 0.25) is 0 Å². The molecule has 3 nitrogen and oxygen atoms in total. The summed E-state index contributed by atoms with van der Waals surface area (Å²) in [6.45, 7) is 6.36. The van der Waals surface area contributed by atoms with Gasteiger partial charge < -0.3 is 9.80 Å². The molecule has 4 rings (SSSR count). The van der Waals surface area contributed by atoms with E-state index in [-0.39, 0.29) is 11.8 Å². The molecule has 1 N–H and O–H groups in total. The number of piperazine rings is 1. The first-order chi connectivity index (χ1) is 13.7. The summed E-state index contributed by atoms with van der Waals surface area (Å²) >= 11 is 0. The van der Waals surface area contributed by atoms with Crippen molar-refractivity contribution in [3.05, 3.63) is 71.8 Å². The Balaban J connectivity index is 1.46. The number of amides is 1. The van der Waals surface area contributed by atoms with Crippen LogP contribution in [0.4, 0.5) is 0 Å². The Morgan fingerprint density at radius 3 is 2.04 bits per heavy atom. The average molecular weight is 378 g/mol. The number of benzene rings is 2. The topological polar surface area (TPSA) is 24.8 Å². The largest absolute Gasteiger partial charge is 0.331 e. The van der Waals surface area contributed by atoms with E-state index in [9.17, 15) is 4.79 Å². The Kier molecular flexibility index (Phi) is 6.11. The molecule has 0 spiro atoms. The van der Waals surface area contributed by atoms with Gasteiger partial charge in [-0.3, -0.25) is 4.79 Å². The highest BCUT2D eigenvalue weighted by Crippen LogP contribution is 2.27. The molecule has 0 aromatic heterocycles. The zero-order chi connectivity index (χ0) is 19.3. The third kappa shape index (κ3) is 4.30. The van der Waals surface area contributed by atoms with Crippen LogP contribution in [-0.4, -0.2) is 43.0 Å². The first-order valence-electron chi connectivity index (χ1n) is 11.0. The number of quaternary nitrogens is 1. The highest BCUT2D eigenvalue weighted by Gasteiger charge is 2.34. The predicted molar refractivity (Wildman–Crippen MR) is 113 cm³/mol. The van der Waals surface area contributed by atoms with Crippen LogP contribution in [0.25, 0.3) is 0 Å². The fourth-order valence-corrected chi connectivity index (χ4v) is 5.18. The molecule has 2 aliphatic rings. The van der Waals surface area contributed by atoms with Gasteiger partial charge in [-0.15, -0.1) is 0 Å². The van der Waals surface area contributed by atoms with E-state index in [1.165, 1.54) is 25.7 Å². The Labute approximate surface area is 169 Å². The average Bonchev–Trinajstić information content (AvgIpc) is 2.75. The molecular weight excluding hydrogens is 344 g/mol. The molecular formula is C25H33N2O+. The van der Waals surface area contributed by atoms with Crippen LogP contribution in [0, 0.1) is 5.92 Å². The third-order valence-electron chi connectivity index (χ3n) is 6.74. The molecule has 0 radical (unpaired) electrons. The van der Waals surface area contributed by atoms with Crippen LogP contribution in [0.1, 0.15) is 49.7 Å². The summed E-state index contributed by atoms with van der Waals surface area (Å²) in [4.78, 5) is 17.4. The smallest absolute Gasteiger partial charge is 0.234 e. The lowest BCUT2D eigenvalue weighted by molar-refractivity contribution is -0.930. The second kappa shape index (κ2) is 8.91. The molecule has 2 atom stereocenters. The molecule has 1 heterocycles. The van der Waals surface area contributed by atoms with Crippen LogP contribution in [0.15, 0.2) is 60.7 Å². The molecule has 1 amide bonds. The zero-order valence-electron chi connectivity index (χ0n) is 17.0. The fraction of sp³-hybridized carbons (Fsp3) is 0.480. The second-order valence-electron chi connectivity index (χ2n) is 8.71. The molecule has 3 heteroatoms. The SMILES string of the molecule is C[C@@H]1CCC[C@H]([NH+]2CCN(C(=O)C(c3ccccc3)c3ccccc3)CC2)C1. The number of nitrogens with one attached hydrogen (secondary N) is 1. The number of hydrogen-bond acceptors (Lipinski definition) is 1. The summed E-state index contributed by atoms with van der Waals surface area (Å²) in [5.41, 5.74) is 2.18. The van der Waals surface area contributed by atoms with Crippen LogP contribution in [0.3, 0.4) is 0 Å². The lowest BCUT2D eigenvalue weighted by Gasteiger charge is -2.40. The van der Waals surface area contributed by atoms with Gasteiger partial charge in [-0.1, -0.05) is 74.0 Å². The molecule has 28 heavy (non-hydrogen) atoms. The quantitative estimate of drug-likeness (QED) is 0.870. The fourth-order valence-electron chi connectivity index (χ4n) is 5.18. The van der Waals surface area contributed by atoms with E-state index in [1.54, 1.807) is 4.90 Å². The molecule has 0 unspecified atom stereocenters. The van der Waals surface area contributed by atoms with Gasteiger partial charge in [0.25, 0.3) is 0 Å². The lowest BCUT2D eigenvalue weighted by atomic mass is 9.86. The summed E-state index contributed by atoms with van der Waals surface area (Å²) in [5, 5.41) is 0. The molecule has 1 aliphatic heterocycles. The number of rotatable bonds is 4. The van der Waals surface area contributed by atoms with E-state index >= 15 is 0 Å². The van der Waals surface area contributed by atoms with E-state index in [0.29, 0.717) is 0 Å². The standard InChI is InChI=1S/C25H32N2O/c1-20-9-8-14-23(19-20)26-15-17-27(18-16-26)25(28)24(21-10-4-2-5-11-21)22-12-6-3-7-13-22/h2-7,10-13,20,23-24H,8-9,14-19H2,1H3/p+1/t20-,23+/m1/s1. The third-order valence-corrected chi connectivity index (χ3v) is 6.74. The van der Waals surface area contributed by atoms with E-state index in [1.807, 2.05) is 36.4 Å². The maximum absolute atomic E-state index is 13.6. The monoisotopic (exact) mass is 377 g/mol.